The quantitative estimate of drug-likeness (QED) is 0.676. The summed E-state index contributed by atoms with van der Waals surface area (Å²) in [4.78, 5) is 12.4. The molecule has 3 heterocycles. The minimum absolute atomic E-state index is 0.125. The predicted octanol–water partition coefficient (Wildman–Crippen LogP) is 3.74. The third kappa shape index (κ3) is 4.16. The first-order chi connectivity index (χ1) is 14.1. The fourth-order valence-corrected chi connectivity index (χ4v) is 4.00. The van der Waals surface area contributed by atoms with Crippen molar-refractivity contribution in [2.24, 2.45) is 0 Å². The summed E-state index contributed by atoms with van der Waals surface area (Å²) < 4.78 is 4.35. The summed E-state index contributed by atoms with van der Waals surface area (Å²) >= 11 is 0. The number of nitrogens with zero attached hydrogens (tertiary/aromatic N) is 4. The first-order valence-electron chi connectivity index (χ1n) is 10.2. The van der Waals surface area contributed by atoms with Gasteiger partial charge in [0.05, 0.1) is 6.54 Å². The van der Waals surface area contributed by atoms with Crippen LogP contribution in [0.2, 0.25) is 0 Å². The summed E-state index contributed by atoms with van der Waals surface area (Å²) in [6.07, 6.45) is 7.97. The molecule has 2 aromatic heterocycles. The summed E-state index contributed by atoms with van der Waals surface area (Å²) in [5.41, 5.74) is 4.41. The Hall–Kier alpha value is -3.15. The second kappa shape index (κ2) is 8.47. The number of hydrogen-bond donors (Lipinski definition) is 1. The number of carbonyl (C=O) groups is 1. The van der Waals surface area contributed by atoms with Crippen LogP contribution in [0.4, 0.5) is 0 Å². The van der Waals surface area contributed by atoms with Crippen molar-refractivity contribution in [3.05, 3.63) is 71.1 Å². The van der Waals surface area contributed by atoms with Crippen LogP contribution in [-0.4, -0.2) is 25.2 Å². The number of aromatic nitrogens is 4. The average molecular weight is 390 g/mol. The second-order valence-corrected chi connectivity index (χ2v) is 7.54. The molecule has 29 heavy (non-hydrogen) atoms. The topological polar surface area (TPSA) is 64.7 Å². The van der Waals surface area contributed by atoms with Crippen LogP contribution in [0, 0.1) is 13.8 Å². The number of fused-ring (bicyclic) bond motifs is 1. The Balaban J connectivity index is 1.42. The average Bonchev–Trinajstić information content (AvgIpc) is 3.14. The van der Waals surface area contributed by atoms with E-state index in [1.54, 1.807) is 6.08 Å². The minimum Gasteiger partial charge on any atom is -0.345 e. The van der Waals surface area contributed by atoms with Crippen LogP contribution in [0.5, 0.6) is 0 Å². The van der Waals surface area contributed by atoms with E-state index in [0.29, 0.717) is 6.54 Å². The third-order valence-corrected chi connectivity index (χ3v) is 5.51. The fourth-order valence-electron chi connectivity index (χ4n) is 4.00. The number of aryl methyl sites for hydroxylation is 2. The highest BCUT2D eigenvalue weighted by Gasteiger charge is 2.15. The zero-order valence-electron chi connectivity index (χ0n) is 17.1. The van der Waals surface area contributed by atoms with Gasteiger partial charge in [-0.1, -0.05) is 24.6 Å². The predicted molar refractivity (Wildman–Crippen MR) is 114 cm³/mol. The number of para-hydroxylation sites is 1. The maximum absolute atomic E-state index is 12.4. The highest BCUT2D eigenvalue weighted by atomic mass is 16.1. The van der Waals surface area contributed by atoms with Crippen LogP contribution in [0.25, 0.3) is 11.8 Å². The van der Waals surface area contributed by atoms with Crippen molar-refractivity contribution in [2.75, 3.05) is 0 Å². The number of amides is 1. The molecule has 0 unspecified atom stereocenters. The molecule has 4 rings (SSSR count). The maximum Gasteiger partial charge on any atom is 0.244 e. The fraction of sp³-hybridized carbons (Fsp3) is 0.348. The number of benzene rings is 1. The SMILES string of the molecule is Cc1cc(/C=C\C(=O)NCc2nnc3n2CCCCC3)c(C)n1-c1ccccc1. The molecule has 3 aromatic rings. The zero-order chi connectivity index (χ0) is 20.2. The van der Waals surface area contributed by atoms with Crippen molar-refractivity contribution in [1.29, 1.82) is 0 Å². The van der Waals surface area contributed by atoms with E-state index in [4.69, 9.17) is 0 Å². The first-order valence-corrected chi connectivity index (χ1v) is 10.2. The van der Waals surface area contributed by atoms with Gasteiger partial charge in [0.1, 0.15) is 5.82 Å². The van der Waals surface area contributed by atoms with Crippen LogP contribution in [-0.2, 0) is 24.3 Å². The molecule has 1 aliphatic heterocycles. The highest BCUT2D eigenvalue weighted by molar-refractivity contribution is 5.91. The molecule has 6 nitrogen and oxygen atoms in total. The van der Waals surface area contributed by atoms with Gasteiger partial charge in [0, 0.05) is 36.1 Å². The van der Waals surface area contributed by atoms with Gasteiger partial charge in [0.15, 0.2) is 5.82 Å². The van der Waals surface area contributed by atoms with E-state index in [2.05, 4.69) is 56.7 Å². The van der Waals surface area contributed by atoms with Gasteiger partial charge in [-0.3, -0.25) is 4.79 Å². The molecular formula is C23H27N5O. The van der Waals surface area contributed by atoms with E-state index in [0.717, 1.165) is 60.1 Å². The largest absolute Gasteiger partial charge is 0.345 e. The van der Waals surface area contributed by atoms with Crippen molar-refractivity contribution in [2.45, 2.75) is 52.6 Å². The lowest BCUT2D eigenvalue weighted by molar-refractivity contribution is -0.116. The Bertz CT molecular complexity index is 1030. The molecule has 0 spiro atoms. The number of rotatable bonds is 5. The molecule has 0 fully saturated rings. The van der Waals surface area contributed by atoms with Gasteiger partial charge in [-0.25, -0.2) is 0 Å². The monoisotopic (exact) mass is 389 g/mol. The molecule has 0 aliphatic carbocycles. The smallest absolute Gasteiger partial charge is 0.244 e. The number of carbonyl (C=O) groups excluding carboxylic acids is 1. The Kier molecular flexibility index (Phi) is 5.60. The van der Waals surface area contributed by atoms with Crippen molar-refractivity contribution in [3.63, 3.8) is 0 Å². The molecule has 1 aliphatic rings. The maximum atomic E-state index is 12.4. The van der Waals surface area contributed by atoms with E-state index in [-0.39, 0.29) is 5.91 Å². The molecule has 0 saturated heterocycles. The number of hydrogen-bond acceptors (Lipinski definition) is 3. The lowest BCUT2D eigenvalue weighted by Crippen LogP contribution is -2.23. The van der Waals surface area contributed by atoms with Crippen LogP contribution in [0.15, 0.2) is 42.5 Å². The van der Waals surface area contributed by atoms with Crippen molar-refractivity contribution >= 4 is 12.0 Å². The van der Waals surface area contributed by atoms with E-state index >= 15 is 0 Å². The Morgan fingerprint density at radius 2 is 1.97 bits per heavy atom. The lowest BCUT2D eigenvalue weighted by atomic mass is 10.2. The molecule has 1 N–H and O–H groups in total. The molecule has 0 bridgehead atoms. The molecule has 6 heteroatoms. The molecule has 150 valence electrons. The second-order valence-electron chi connectivity index (χ2n) is 7.54. The Morgan fingerprint density at radius 1 is 1.14 bits per heavy atom. The minimum atomic E-state index is -0.125. The standard InChI is InChI=1S/C23H27N5O/c1-17-15-19(18(2)28(17)20-9-5-3-6-10-20)12-13-23(29)24-16-22-26-25-21-11-7-4-8-14-27(21)22/h3,5-6,9-10,12-13,15H,4,7-8,11,14,16H2,1-2H3,(H,24,29)/b13-12-. The first kappa shape index (κ1) is 19.2. The van der Waals surface area contributed by atoms with Gasteiger partial charge in [-0.05, 0) is 56.5 Å². The van der Waals surface area contributed by atoms with Crippen LogP contribution in [0.1, 0.15) is 47.9 Å². The van der Waals surface area contributed by atoms with E-state index in [1.807, 2.05) is 24.3 Å². The third-order valence-electron chi connectivity index (χ3n) is 5.51. The summed E-state index contributed by atoms with van der Waals surface area (Å²) in [5.74, 6) is 1.75. The Labute approximate surface area is 171 Å². The van der Waals surface area contributed by atoms with Gasteiger partial charge < -0.3 is 14.5 Å². The van der Waals surface area contributed by atoms with Gasteiger partial charge in [0.2, 0.25) is 5.91 Å². The molecule has 0 atom stereocenters. The molecule has 0 saturated carbocycles. The van der Waals surface area contributed by atoms with E-state index < -0.39 is 0 Å². The van der Waals surface area contributed by atoms with Crippen molar-refractivity contribution in [1.82, 2.24) is 24.6 Å². The van der Waals surface area contributed by atoms with Crippen molar-refractivity contribution < 1.29 is 4.79 Å². The van der Waals surface area contributed by atoms with Gasteiger partial charge in [-0.15, -0.1) is 10.2 Å². The van der Waals surface area contributed by atoms with E-state index in [1.165, 1.54) is 6.42 Å². The van der Waals surface area contributed by atoms with Crippen molar-refractivity contribution in [3.8, 4) is 5.69 Å². The number of nitrogens with one attached hydrogen (secondary N) is 1. The lowest BCUT2D eigenvalue weighted by Gasteiger charge is -2.09. The van der Waals surface area contributed by atoms with Gasteiger partial charge in [-0.2, -0.15) is 0 Å². The summed E-state index contributed by atoms with van der Waals surface area (Å²) in [6.45, 7) is 5.49. The van der Waals surface area contributed by atoms with Crippen LogP contribution < -0.4 is 5.32 Å². The summed E-state index contributed by atoms with van der Waals surface area (Å²) in [6, 6.07) is 12.3. The zero-order valence-corrected chi connectivity index (χ0v) is 17.1. The summed E-state index contributed by atoms with van der Waals surface area (Å²) in [5, 5.41) is 11.5. The highest BCUT2D eigenvalue weighted by Crippen LogP contribution is 2.21. The normalized spacial score (nSPS) is 14.0. The van der Waals surface area contributed by atoms with Crippen LogP contribution in [0.3, 0.4) is 0 Å². The van der Waals surface area contributed by atoms with E-state index in [9.17, 15) is 4.79 Å². The molecule has 0 radical (unpaired) electrons. The Morgan fingerprint density at radius 3 is 2.79 bits per heavy atom. The summed E-state index contributed by atoms with van der Waals surface area (Å²) in [7, 11) is 0. The van der Waals surface area contributed by atoms with Gasteiger partial charge in [0.25, 0.3) is 0 Å². The van der Waals surface area contributed by atoms with Crippen LogP contribution >= 0.6 is 0 Å². The molecule has 1 aromatic carbocycles. The van der Waals surface area contributed by atoms with Gasteiger partial charge >= 0.3 is 0 Å². The molecular weight excluding hydrogens is 362 g/mol. The molecule has 1 amide bonds.